The van der Waals surface area contributed by atoms with Crippen molar-refractivity contribution in [2.45, 2.75) is 328 Å². The molecule has 0 unspecified atom stereocenters. The van der Waals surface area contributed by atoms with Crippen molar-refractivity contribution in [2.24, 2.45) is 0 Å². The molecule has 12 rings (SSSR count). The van der Waals surface area contributed by atoms with E-state index in [1.165, 1.54) is 317 Å². The molecule has 9 aromatic rings. The van der Waals surface area contributed by atoms with Crippen LogP contribution in [0, 0.1) is 0 Å². The van der Waals surface area contributed by atoms with Gasteiger partial charge in [-0.2, -0.15) is 0 Å². The number of rotatable bonds is 47. The number of hydrogen-bond acceptors (Lipinski definition) is 5. The first-order valence-corrected chi connectivity index (χ1v) is 46.8. The summed E-state index contributed by atoms with van der Waals surface area (Å²) >= 11 is 9.92. The van der Waals surface area contributed by atoms with Crippen LogP contribution in [0.15, 0.2) is 121 Å². The van der Waals surface area contributed by atoms with Crippen molar-refractivity contribution in [3.05, 3.63) is 183 Å². The Bertz CT molecular complexity index is 4050. The molecule has 0 saturated carbocycles. The van der Waals surface area contributed by atoms with E-state index in [1.54, 1.807) is 66.8 Å². The molecule has 0 atom stereocenters. The zero-order chi connectivity index (χ0) is 72.1. The minimum Gasteiger partial charge on any atom is -0.144 e. The van der Waals surface area contributed by atoms with E-state index in [-0.39, 0.29) is 16.2 Å². The van der Waals surface area contributed by atoms with E-state index >= 15 is 0 Å². The standard InChI is InChI=1S/C99H128S5/c1-9-17-25-33-42-76-48-50-78(101-76)52-54-80-56-61-89(103-80)74-46-59-83-86(71-74)99(67-39-31-23-15-7,68-40-32-24-16-8)96-92(83)94-91(82-58-45-73(88-44-41-69-100-88)70-85(82)97(94,63-35-27-19-11-3)64-36-28-20-12-4)95-93(96)84-60-47-75(72-87(84)98(95,65-37-29-21-13-5)66-38-30-22-14-6)90-62-57-81(104-90)55-53-79-51-49-77(102-79)43-34-26-18-10-2/h41,44-62,69-72H,9-40,42-43,63-68H2,1-8H3/b54-52+,55-53+. The molecular weight excluding hydrogens is 1350 g/mol. The molecule has 0 spiro atoms. The molecule has 554 valence electrons. The van der Waals surface area contributed by atoms with Crippen LogP contribution in [0.5, 0.6) is 0 Å². The molecule has 0 N–H and O–H groups in total. The maximum Gasteiger partial charge on any atom is 0.0349 e. The Morgan fingerprint density at radius 3 is 0.856 bits per heavy atom. The maximum absolute atomic E-state index is 2.84. The van der Waals surface area contributed by atoms with Gasteiger partial charge in [0.05, 0.1) is 0 Å². The number of aryl methyl sites for hydroxylation is 2. The van der Waals surface area contributed by atoms with Crippen LogP contribution in [0.3, 0.4) is 0 Å². The normalized spacial score (nSPS) is 14.3. The third-order valence-electron chi connectivity index (χ3n) is 24.5. The fraction of sp³-hybridized carbons (Fsp3) is 0.515. The van der Waals surface area contributed by atoms with Crippen molar-refractivity contribution >= 4 is 81.0 Å². The lowest BCUT2D eigenvalue weighted by Crippen LogP contribution is -2.31. The van der Waals surface area contributed by atoms with Gasteiger partial charge in [-0.05, 0) is 250 Å². The Morgan fingerprint density at radius 2 is 0.558 bits per heavy atom. The smallest absolute Gasteiger partial charge is 0.0349 e. The summed E-state index contributed by atoms with van der Waals surface area (Å²) in [5.74, 6) is 0. The zero-order valence-electron chi connectivity index (χ0n) is 65.7. The first-order chi connectivity index (χ1) is 51.2. The summed E-state index contributed by atoms with van der Waals surface area (Å²) in [6.07, 6.45) is 60.3. The van der Waals surface area contributed by atoms with Crippen molar-refractivity contribution in [2.75, 3.05) is 0 Å². The van der Waals surface area contributed by atoms with Crippen LogP contribution >= 0.6 is 56.7 Å². The quantitative estimate of drug-likeness (QED) is 0.0334. The summed E-state index contributed by atoms with van der Waals surface area (Å²) < 4.78 is 0. The molecule has 5 aromatic heterocycles. The van der Waals surface area contributed by atoms with Gasteiger partial charge in [-0.15, -0.1) is 56.7 Å². The molecular formula is C99H128S5. The van der Waals surface area contributed by atoms with Crippen LogP contribution in [-0.4, -0.2) is 0 Å². The van der Waals surface area contributed by atoms with Crippen LogP contribution in [0.1, 0.15) is 362 Å². The Morgan fingerprint density at radius 1 is 0.269 bits per heavy atom. The van der Waals surface area contributed by atoms with Crippen LogP contribution in [-0.2, 0) is 29.1 Å². The van der Waals surface area contributed by atoms with Gasteiger partial charge in [-0.1, -0.05) is 290 Å². The van der Waals surface area contributed by atoms with Gasteiger partial charge in [-0.3, -0.25) is 0 Å². The van der Waals surface area contributed by atoms with Crippen molar-refractivity contribution in [1.82, 2.24) is 0 Å². The molecule has 104 heavy (non-hydrogen) atoms. The summed E-state index contributed by atoms with van der Waals surface area (Å²) in [5, 5.41) is 2.32. The third kappa shape index (κ3) is 17.6. The van der Waals surface area contributed by atoms with E-state index in [0.717, 1.165) is 0 Å². The number of thiophene rings is 5. The summed E-state index contributed by atoms with van der Waals surface area (Å²) in [6, 6.07) is 48.5. The van der Waals surface area contributed by atoms with Gasteiger partial charge >= 0.3 is 0 Å². The Labute approximate surface area is 652 Å². The number of hydrogen-bond donors (Lipinski definition) is 0. The highest BCUT2D eigenvalue weighted by Crippen LogP contribution is 2.72. The largest absolute Gasteiger partial charge is 0.144 e. The monoisotopic (exact) mass is 1480 g/mol. The van der Waals surface area contributed by atoms with E-state index in [9.17, 15) is 0 Å². The highest BCUT2D eigenvalue weighted by atomic mass is 32.1. The van der Waals surface area contributed by atoms with Crippen LogP contribution in [0.2, 0.25) is 0 Å². The minimum atomic E-state index is -0.161. The lowest BCUT2D eigenvalue weighted by atomic mass is 9.63. The van der Waals surface area contributed by atoms with E-state index in [0.29, 0.717) is 0 Å². The van der Waals surface area contributed by atoms with E-state index < -0.39 is 0 Å². The van der Waals surface area contributed by atoms with Crippen molar-refractivity contribution in [3.63, 3.8) is 0 Å². The predicted octanol–water partition coefficient (Wildman–Crippen LogP) is 34.2. The summed E-state index contributed by atoms with van der Waals surface area (Å²) in [4.78, 5) is 12.7. The fourth-order valence-electron chi connectivity index (χ4n) is 19.0. The van der Waals surface area contributed by atoms with Crippen LogP contribution < -0.4 is 0 Å². The first kappa shape index (κ1) is 78.4. The Balaban J connectivity index is 1.13. The number of benzene rings is 4. The van der Waals surface area contributed by atoms with Gasteiger partial charge in [0.2, 0.25) is 0 Å². The molecule has 0 amide bonds. The second-order valence-corrected chi connectivity index (χ2v) is 37.5. The summed E-state index contributed by atoms with van der Waals surface area (Å²) in [6.45, 7) is 19.2. The molecule has 5 heterocycles. The molecule has 4 aromatic carbocycles. The van der Waals surface area contributed by atoms with E-state index in [4.69, 9.17) is 0 Å². The maximum atomic E-state index is 2.84. The number of fused-ring (bicyclic) bond motifs is 12. The summed E-state index contributed by atoms with van der Waals surface area (Å²) in [5.41, 5.74) is 23.9. The average molecular weight is 1480 g/mol. The van der Waals surface area contributed by atoms with E-state index in [1.807, 2.05) is 56.7 Å². The van der Waals surface area contributed by atoms with Gasteiger partial charge < -0.3 is 0 Å². The zero-order valence-corrected chi connectivity index (χ0v) is 69.8. The van der Waals surface area contributed by atoms with Gasteiger partial charge in [0.25, 0.3) is 0 Å². The highest BCUT2D eigenvalue weighted by Gasteiger charge is 2.58. The van der Waals surface area contributed by atoms with Crippen molar-refractivity contribution in [1.29, 1.82) is 0 Å². The highest BCUT2D eigenvalue weighted by molar-refractivity contribution is 7.17. The molecule has 3 aliphatic rings. The topological polar surface area (TPSA) is 0 Å². The van der Waals surface area contributed by atoms with Crippen molar-refractivity contribution < 1.29 is 0 Å². The van der Waals surface area contributed by atoms with E-state index in [2.05, 4.69) is 200 Å². The Kier molecular flexibility index (Phi) is 29.3. The molecule has 0 bridgehead atoms. The molecule has 3 aliphatic carbocycles. The lowest BCUT2D eigenvalue weighted by molar-refractivity contribution is 0.389. The lowest BCUT2D eigenvalue weighted by Gasteiger charge is -2.40. The second kappa shape index (κ2) is 38.8. The molecule has 0 aliphatic heterocycles. The Hall–Kier alpha value is -5.14. The minimum absolute atomic E-state index is 0.140. The van der Waals surface area contributed by atoms with Gasteiger partial charge in [0.1, 0.15) is 0 Å². The third-order valence-corrected chi connectivity index (χ3v) is 29.8. The number of unbranched alkanes of at least 4 members (excludes halogenated alkanes) is 24. The summed E-state index contributed by atoms with van der Waals surface area (Å²) in [7, 11) is 0. The molecule has 0 nitrogen and oxygen atoms in total. The fourth-order valence-corrected chi connectivity index (χ4v) is 23.5. The van der Waals surface area contributed by atoms with Crippen molar-refractivity contribution in [3.8, 4) is 64.7 Å². The molecule has 0 fully saturated rings. The average Bonchev–Trinajstić information content (AvgIpc) is 1.48. The SMILES string of the molecule is CCCCCCc1ccc(/C=C/c2ccc(-c3ccc4c(c3)C(CCCCCC)(CCCCCC)c3c-4c4c(c5c3-c3ccc(-c6ccc(/C=C/c7ccc(CCCCCC)s7)s6)cc3C5(CCCCCC)CCCCCC)-c3ccc(-c5cccs5)cc3C4(CCCCCC)CCCCCC)s2)s1. The molecule has 0 saturated heterocycles. The van der Waals surface area contributed by atoms with Gasteiger partial charge in [-0.25, -0.2) is 0 Å². The van der Waals surface area contributed by atoms with Crippen LogP contribution in [0.4, 0.5) is 0 Å². The second-order valence-electron chi connectivity index (χ2n) is 31.9. The van der Waals surface area contributed by atoms with Gasteiger partial charge in [0, 0.05) is 60.1 Å². The molecule has 0 radical (unpaired) electrons. The van der Waals surface area contributed by atoms with Gasteiger partial charge in [0.15, 0.2) is 0 Å². The molecule has 5 heteroatoms. The first-order valence-electron chi connectivity index (χ1n) is 42.7. The predicted molar refractivity (Wildman–Crippen MR) is 470 cm³/mol. The van der Waals surface area contributed by atoms with Crippen LogP contribution in [0.25, 0.3) is 89.0 Å².